The third-order valence-corrected chi connectivity index (χ3v) is 4.69. The monoisotopic (exact) mass is 279 g/mol. The minimum atomic E-state index is -3.23. The average molecular weight is 279 g/mol. The van der Waals surface area contributed by atoms with E-state index in [-0.39, 0.29) is 29.8 Å². The zero-order chi connectivity index (χ0) is 14.6. The van der Waals surface area contributed by atoms with Gasteiger partial charge in [0.2, 0.25) is 10.0 Å². The van der Waals surface area contributed by atoms with Gasteiger partial charge in [-0.2, -0.15) is 0 Å². The lowest BCUT2D eigenvalue weighted by atomic mass is 9.87. The van der Waals surface area contributed by atoms with Crippen LogP contribution in [-0.2, 0) is 10.0 Å². The quantitative estimate of drug-likeness (QED) is 0.774. The van der Waals surface area contributed by atoms with Crippen LogP contribution in [0.3, 0.4) is 0 Å². The van der Waals surface area contributed by atoms with Crippen LogP contribution in [0.25, 0.3) is 0 Å². The number of carbonyl (C=O) groups excluding carboxylic acids is 1. The minimum Gasteiger partial charge on any atom is -0.341 e. The van der Waals surface area contributed by atoms with E-state index in [1.54, 1.807) is 6.92 Å². The molecular formula is C11H25N3O3S. The van der Waals surface area contributed by atoms with Crippen molar-refractivity contribution in [1.29, 1.82) is 0 Å². The molecule has 0 saturated carbocycles. The fourth-order valence-electron chi connectivity index (χ4n) is 1.36. The molecule has 0 aromatic carbocycles. The predicted octanol–water partition coefficient (Wildman–Crippen LogP) is 0.612. The molecule has 0 aromatic rings. The molecule has 0 rings (SSSR count). The fourth-order valence-corrected chi connectivity index (χ4v) is 2.17. The summed E-state index contributed by atoms with van der Waals surface area (Å²) in [5.74, 6) is 0.0559. The maximum absolute atomic E-state index is 11.7. The minimum absolute atomic E-state index is 0.0559. The zero-order valence-corrected chi connectivity index (χ0v) is 12.9. The highest BCUT2D eigenvalue weighted by atomic mass is 32.2. The van der Waals surface area contributed by atoms with E-state index in [2.05, 4.69) is 10.6 Å². The SMILES string of the molecule is CCS(=O)(=O)N(C)CC(NC(=O)NC)C(C)(C)C. The molecule has 0 saturated heterocycles. The van der Waals surface area contributed by atoms with Gasteiger partial charge >= 0.3 is 6.03 Å². The number of amides is 2. The molecule has 0 aliphatic rings. The lowest BCUT2D eigenvalue weighted by Gasteiger charge is -2.34. The molecule has 0 aromatic heterocycles. The summed E-state index contributed by atoms with van der Waals surface area (Å²) >= 11 is 0. The van der Waals surface area contributed by atoms with E-state index in [0.29, 0.717) is 0 Å². The second kappa shape index (κ2) is 6.38. The molecule has 0 aliphatic carbocycles. The van der Waals surface area contributed by atoms with E-state index in [9.17, 15) is 13.2 Å². The number of nitrogens with zero attached hydrogens (tertiary/aromatic N) is 1. The predicted molar refractivity (Wildman–Crippen MR) is 72.9 cm³/mol. The molecule has 0 heterocycles. The van der Waals surface area contributed by atoms with Gasteiger partial charge in [0.1, 0.15) is 0 Å². The van der Waals surface area contributed by atoms with Crippen molar-refractivity contribution in [1.82, 2.24) is 14.9 Å². The number of urea groups is 1. The van der Waals surface area contributed by atoms with Crippen molar-refractivity contribution >= 4 is 16.1 Å². The van der Waals surface area contributed by atoms with E-state index < -0.39 is 10.0 Å². The molecule has 7 heteroatoms. The van der Waals surface area contributed by atoms with Crippen molar-refractivity contribution in [2.24, 2.45) is 5.41 Å². The molecule has 0 aliphatic heterocycles. The fraction of sp³-hybridized carbons (Fsp3) is 0.909. The van der Waals surface area contributed by atoms with Gasteiger partial charge in [0.05, 0.1) is 5.75 Å². The Kier molecular flexibility index (Phi) is 6.09. The Morgan fingerprint density at radius 1 is 1.33 bits per heavy atom. The molecule has 2 N–H and O–H groups in total. The van der Waals surface area contributed by atoms with Crippen molar-refractivity contribution in [3.8, 4) is 0 Å². The molecule has 1 atom stereocenters. The number of rotatable bonds is 5. The second-order valence-electron chi connectivity index (χ2n) is 5.32. The first-order valence-electron chi connectivity index (χ1n) is 5.96. The van der Waals surface area contributed by atoms with Gasteiger partial charge in [0.25, 0.3) is 0 Å². The molecule has 0 fully saturated rings. The van der Waals surface area contributed by atoms with Crippen LogP contribution in [0.15, 0.2) is 0 Å². The van der Waals surface area contributed by atoms with E-state index in [1.807, 2.05) is 20.8 Å². The Bertz CT molecular complexity index is 373. The third kappa shape index (κ3) is 5.22. The van der Waals surface area contributed by atoms with Gasteiger partial charge in [-0.05, 0) is 12.3 Å². The van der Waals surface area contributed by atoms with Gasteiger partial charge in [-0.15, -0.1) is 0 Å². The second-order valence-corrected chi connectivity index (χ2v) is 7.69. The summed E-state index contributed by atoms with van der Waals surface area (Å²) in [7, 11) is -0.174. The van der Waals surface area contributed by atoms with Crippen LogP contribution in [0.1, 0.15) is 27.7 Å². The Balaban J connectivity index is 4.87. The van der Waals surface area contributed by atoms with E-state index in [4.69, 9.17) is 0 Å². The van der Waals surface area contributed by atoms with E-state index in [1.165, 1.54) is 18.4 Å². The lowest BCUT2D eigenvalue weighted by molar-refractivity contribution is 0.209. The van der Waals surface area contributed by atoms with Crippen LogP contribution < -0.4 is 10.6 Å². The summed E-state index contributed by atoms with van der Waals surface area (Å²) in [5.41, 5.74) is -0.232. The van der Waals surface area contributed by atoms with Gasteiger partial charge in [0.15, 0.2) is 0 Å². The highest BCUT2D eigenvalue weighted by Gasteiger charge is 2.30. The maximum atomic E-state index is 11.7. The van der Waals surface area contributed by atoms with Gasteiger partial charge in [-0.25, -0.2) is 17.5 Å². The van der Waals surface area contributed by atoms with Crippen LogP contribution in [-0.4, -0.2) is 51.2 Å². The Labute approximate surface area is 110 Å². The van der Waals surface area contributed by atoms with Crippen molar-refractivity contribution in [2.45, 2.75) is 33.7 Å². The number of carbonyl (C=O) groups is 1. The lowest BCUT2D eigenvalue weighted by Crippen LogP contribution is -2.53. The van der Waals surface area contributed by atoms with Crippen molar-refractivity contribution in [3.05, 3.63) is 0 Å². The van der Waals surface area contributed by atoms with Gasteiger partial charge in [-0.1, -0.05) is 20.8 Å². The first-order valence-corrected chi connectivity index (χ1v) is 7.57. The summed E-state index contributed by atoms with van der Waals surface area (Å²) in [6.45, 7) is 7.73. The Morgan fingerprint density at radius 2 is 1.83 bits per heavy atom. The normalized spacial score (nSPS) is 14.4. The summed E-state index contributed by atoms with van der Waals surface area (Å²) in [6.07, 6.45) is 0. The van der Waals surface area contributed by atoms with Crippen LogP contribution in [0.5, 0.6) is 0 Å². The first kappa shape index (κ1) is 17.2. The number of hydrogen-bond acceptors (Lipinski definition) is 3. The number of nitrogens with one attached hydrogen (secondary N) is 2. The third-order valence-electron chi connectivity index (χ3n) is 2.86. The van der Waals surface area contributed by atoms with Crippen molar-refractivity contribution in [2.75, 3.05) is 26.4 Å². The Morgan fingerprint density at radius 3 is 2.17 bits per heavy atom. The average Bonchev–Trinajstić information content (AvgIpc) is 2.26. The summed E-state index contributed by atoms with van der Waals surface area (Å²) in [6, 6.07) is -0.569. The van der Waals surface area contributed by atoms with Gasteiger partial charge < -0.3 is 10.6 Å². The standard InChI is InChI=1S/C11H25N3O3S/c1-7-18(16,17)14(6)8-9(11(2,3)4)13-10(15)12-5/h9H,7-8H2,1-6H3,(H2,12,13,15). The van der Waals surface area contributed by atoms with Crippen LogP contribution in [0, 0.1) is 5.41 Å². The number of likely N-dealkylation sites (N-methyl/N-ethyl adjacent to an activating group) is 1. The highest BCUT2D eigenvalue weighted by molar-refractivity contribution is 7.89. The van der Waals surface area contributed by atoms with Crippen molar-refractivity contribution in [3.63, 3.8) is 0 Å². The number of hydrogen-bond donors (Lipinski definition) is 2. The topological polar surface area (TPSA) is 78.5 Å². The van der Waals surface area contributed by atoms with Gasteiger partial charge in [-0.3, -0.25) is 0 Å². The summed E-state index contributed by atoms with van der Waals surface area (Å²) in [4.78, 5) is 11.4. The molecular weight excluding hydrogens is 254 g/mol. The molecule has 1 unspecified atom stereocenters. The zero-order valence-electron chi connectivity index (χ0n) is 12.1. The molecule has 0 radical (unpaired) electrons. The maximum Gasteiger partial charge on any atom is 0.314 e. The largest absolute Gasteiger partial charge is 0.341 e. The molecule has 6 nitrogen and oxygen atoms in total. The summed E-state index contributed by atoms with van der Waals surface area (Å²) < 4.78 is 24.7. The first-order chi connectivity index (χ1) is 8.04. The smallest absolute Gasteiger partial charge is 0.314 e. The van der Waals surface area contributed by atoms with E-state index >= 15 is 0 Å². The highest BCUT2D eigenvalue weighted by Crippen LogP contribution is 2.20. The van der Waals surface area contributed by atoms with E-state index in [0.717, 1.165) is 0 Å². The molecule has 108 valence electrons. The molecule has 18 heavy (non-hydrogen) atoms. The molecule has 0 bridgehead atoms. The molecule has 0 spiro atoms. The van der Waals surface area contributed by atoms with Crippen molar-refractivity contribution < 1.29 is 13.2 Å². The number of sulfonamides is 1. The van der Waals surface area contributed by atoms with Crippen LogP contribution in [0.4, 0.5) is 4.79 Å². The molecule has 2 amide bonds. The summed E-state index contributed by atoms with van der Waals surface area (Å²) in [5, 5.41) is 5.25. The van der Waals surface area contributed by atoms with Gasteiger partial charge in [0, 0.05) is 26.7 Å². The Hall–Kier alpha value is -0.820. The van der Waals surface area contributed by atoms with Crippen LogP contribution in [0.2, 0.25) is 0 Å². The van der Waals surface area contributed by atoms with Crippen LogP contribution >= 0.6 is 0 Å².